The molecule has 0 aliphatic heterocycles. The Bertz CT molecular complexity index is 874. The Balaban J connectivity index is 1.94. The number of unbranched alkanes of at least 4 members (excludes halogenated alkanes) is 1. The summed E-state index contributed by atoms with van der Waals surface area (Å²) in [5, 5.41) is 17.4. The maximum atomic E-state index is 13.4. The van der Waals surface area contributed by atoms with Crippen molar-refractivity contribution in [2.45, 2.75) is 19.3 Å². The van der Waals surface area contributed by atoms with E-state index in [1.807, 2.05) is 0 Å². The van der Waals surface area contributed by atoms with E-state index in [1.54, 1.807) is 19.2 Å². The maximum Gasteiger partial charge on any atom is 0.202 e. The van der Waals surface area contributed by atoms with Crippen LogP contribution >= 0.6 is 15.9 Å². The van der Waals surface area contributed by atoms with E-state index in [0.29, 0.717) is 46.3 Å². The van der Waals surface area contributed by atoms with Gasteiger partial charge in [-0.05, 0) is 57.3 Å². The molecule has 0 atom stereocenters. The molecule has 0 amide bonds. The van der Waals surface area contributed by atoms with Crippen LogP contribution in [0.1, 0.15) is 25.0 Å². The lowest BCUT2D eigenvalue weighted by Gasteiger charge is -2.09. The minimum absolute atomic E-state index is 0.323. The van der Waals surface area contributed by atoms with Gasteiger partial charge in [-0.2, -0.15) is 6.57 Å². The quantitative estimate of drug-likeness (QED) is 0.192. The molecule has 0 bridgehead atoms. The van der Waals surface area contributed by atoms with Crippen molar-refractivity contribution < 1.29 is 9.02 Å². The number of nitrogens with one attached hydrogen (secondary N) is 2. The number of amidine groups is 2. The van der Waals surface area contributed by atoms with Gasteiger partial charge in [-0.3, -0.25) is 4.99 Å². The van der Waals surface area contributed by atoms with Crippen LogP contribution in [-0.4, -0.2) is 35.6 Å². The van der Waals surface area contributed by atoms with Crippen molar-refractivity contribution >= 4 is 39.1 Å². The van der Waals surface area contributed by atoms with E-state index in [1.165, 1.54) is 6.07 Å². The zero-order valence-corrected chi connectivity index (χ0v) is 16.1. The number of nitrogens with zero attached hydrogens (tertiary/aromatic N) is 5. The lowest BCUT2D eigenvalue weighted by atomic mass is 10.2. The maximum absolute atomic E-state index is 13.4. The monoisotopic (exact) mass is 436 g/mol. The zero-order valence-electron chi connectivity index (χ0n) is 14.5. The molecule has 0 fully saturated rings. The molecule has 1 aromatic carbocycles. The van der Waals surface area contributed by atoms with Crippen LogP contribution in [0, 0.1) is 12.4 Å². The Labute approximate surface area is 163 Å². The average molecular weight is 437 g/mol. The molecule has 0 saturated heterocycles. The molecule has 27 heavy (non-hydrogen) atoms. The lowest BCUT2D eigenvalue weighted by molar-refractivity contribution is 0.308. The summed E-state index contributed by atoms with van der Waals surface area (Å²) in [6.45, 7) is 7.21. The van der Waals surface area contributed by atoms with Crippen LogP contribution in [0.2, 0.25) is 0 Å². The predicted molar refractivity (Wildman–Crippen MR) is 105 cm³/mol. The third-order valence-electron chi connectivity index (χ3n) is 3.45. The molecule has 0 saturated carbocycles. The summed E-state index contributed by atoms with van der Waals surface area (Å²) >= 11 is 3.14. The van der Waals surface area contributed by atoms with Crippen LogP contribution in [0.3, 0.4) is 0 Å². The summed E-state index contributed by atoms with van der Waals surface area (Å²) in [6.07, 6.45) is 2.11. The number of anilines is 2. The fourth-order valence-corrected chi connectivity index (χ4v) is 2.52. The highest BCUT2D eigenvalue weighted by molar-refractivity contribution is 9.10. The first-order valence-corrected chi connectivity index (χ1v) is 8.79. The minimum atomic E-state index is -0.358. The van der Waals surface area contributed by atoms with E-state index in [-0.39, 0.29) is 5.82 Å². The largest absolute Gasteiger partial charge is 0.381 e. The van der Waals surface area contributed by atoms with Crippen molar-refractivity contribution in [3.05, 3.63) is 45.7 Å². The number of nitrogens with two attached hydrogens (primary N) is 1. The third kappa shape index (κ3) is 6.03. The van der Waals surface area contributed by atoms with Crippen molar-refractivity contribution in [2.24, 2.45) is 15.8 Å². The number of aliphatic imine (C=N–C) groups is 1. The standard InChI is InChI=1S/C16H18BrFN8O/c1-20-15(23-10-6-7-12(18)11(17)9-10)14-16(26-27-25-14)22-8-4-3-5-13(19)24-21-2/h6-7,9H,3-5,8H2,1H3,(H2,19,24)(H,20,23)(H,22,26). The molecule has 1 heterocycles. The summed E-state index contributed by atoms with van der Waals surface area (Å²) in [5.74, 6) is 0.824. The Morgan fingerprint density at radius 3 is 2.93 bits per heavy atom. The Morgan fingerprint density at radius 1 is 1.41 bits per heavy atom. The van der Waals surface area contributed by atoms with Crippen molar-refractivity contribution in [1.82, 2.24) is 10.3 Å². The highest BCUT2D eigenvalue weighted by Crippen LogP contribution is 2.21. The molecule has 0 unspecified atom stereocenters. The van der Waals surface area contributed by atoms with Crippen LogP contribution in [0.15, 0.2) is 37.4 Å². The van der Waals surface area contributed by atoms with Gasteiger partial charge in [-0.25, -0.2) is 9.02 Å². The number of aromatic nitrogens is 2. The Kier molecular flexibility index (Phi) is 7.69. The number of benzene rings is 1. The van der Waals surface area contributed by atoms with Gasteiger partial charge in [0.1, 0.15) is 10.9 Å². The molecule has 142 valence electrons. The Morgan fingerprint density at radius 2 is 2.22 bits per heavy atom. The van der Waals surface area contributed by atoms with Gasteiger partial charge in [0.05, 0.1) is 4.47 Å². The van der Waals surface area contributed by atoms with Gasteiger partial charge < -0.3 is 16.4 Å². The summed E-state index contributed by atoms with van der Waals surface area (Å²) in [7, 11) is 1.60. The number of hydrogen-bond donors (Lipinski definition) is 3. The molecule has 9 nitrogen and oxygen atoms in total. The number of rotatable bonds is 8. The first-order valence-electron chi connectivity index (χ1n) is 7.99. The van der Waals surface area contributed by atoms with Crippen molar-refractivity contribution in [2.75, 3.05) is 24.2 Å². The number of halogens is 2. The molecule has 0 radical (unpaired) electrons. The van der Waals surface area contributed by atoms with Crippen molar-refractivity contribution in [3.63, 3.8) is 0 Å². The highest BCUT2D eigenvalue weighted by atomic mass is 79.9. The van der Waals surface area contributed by atoms with Crippen molar-refractivity contribution in [1.29, 1.82) is 0 Å². The first-order chi connectivity index (χ1) is 13.0. The molecular formula is C16H18BrFN8O. The van der Waals surface area contributed by atoms with E-state index in [4.69, 9.17) is 16.9 Å². The second-order valence-electron chi connectivity index (χ2n) is 5.36. The molecule has 2 aromatic rings. The smallest absolute Gasteiger partial charge is 0.202 e. The van der Waals surface area contributed by atoms with Gasteiger partial charge in [0.2, 0.25) is 5.82 Å². The lowest BCUT2D eigenvalue weighted by Crippen LogP contribution is -2.17. The average Bonchev–Trinajstić information content (AvgIpc) is 3.11. The minimum Gasteiger partial charge on any atom is -0.381 e. The van der Waals surface area contributed by atoms with Crippen molar-refractivity contribution in [3.8, 4) is 0 Å². The summed E-state index contributed by atoms with van der Waals surface area (Å²) in [5.41, 5.74) is 6.60. The van der Waals surface area contributed by atoms with Gasteiger partial charge in [-0.15, -0.1) is 4.95 Å². The summed E-state index contributed by atoms with van der Waals surface area (Å²) < 4.78 is 18.5. The van der Waals surface area contributed by atoms with Crippen LogP contribution in [0.25, 0.3) is 4.95 Å². The van der Waals surface area contributed by atoms with Crippen LogP contribution in [-0.2, 0) is 0 Å². The van der Waals surface area contributed by atoms with Crippen LogP contribution < -0.4 is 16.4 Å². The van der Waals surface area contributed by atoms with Gasteiger partial charge in [0, 0.05) is 25.7 Å². The second kappa shape index (κ2) is 10.2. The molecule has 0 aliphatic carbocycles. The van der Waals surface area contributed by atoms with Crippen LogP contribution in [0.4, 0.5) is 15.9 Å². The highest BCUT2D eigenvalue weighted by Gasteiger charge is 2.16. The molecule has 4 N–H and O–H groups in total. The van der Waals surface area contributed by atoms with E-state index in [2.05, 4.69) is 51.9 Å². The molecule has 0 aliphatic rings. The molecule has 11 heteroatoms. The van der Waals surface area contributed by atoms with Crippen LogP contribution in [0.5, 0.6) is 0 Å². The predicted octanol–water partition coefficient (Wildman–Crippen LogP) is 3.23. The fraction of sp³-hybridized carbons (Fsp3) is 0.312. The summed E-state index contributed by atoms with van der Waals surface area (Å²) in [4.78, 5) is 7.04. The third-order valence-corrected chi connectivity index (χ3v) is 4.06. The van der Waals surface area contributed by atoms with E-state index in [9.17, 15) is 4.39 Å². The van der Waals surface area contributed by atoms with Gasteiger partial charge in [0.25, 0.3) is 0 Å². The molecule has 0 spiro atoms. The van der Waals surface area contributed by atoms with Gasteiger partial charge >= 0.3 is 0 Å². The first kappa shape index (κ1) is 20.3. The van der Waals surface area contributed by atoms with Gasteiger partial charge in [0.15, 0.2) is 17.4 Å². The molecule has 1 aromatic heterocycles. The fourth-order valence-electron chi connectivity index (χ4n) is 2.14. The Hall–Kier alpha value is -3.00. The van der Waals surface area contributed by atoms with E-state index in [0.717, 1.165) is 12.8 Å². The van der Waals surface area contributed by atoms with Gasteiger partial charge in [-0.1, -0.05) is 0 Å². The van der Waals surface area contributed by atoms with E-state index >= 15 is 0 Å². The molecular weight excluding hydrogens is 419 g/mol. The SMILES string of the molecule is [C-]#[N+]/N=C(\N)CCCCNc1nonc1C(=NC)Nc1ccc(F)c(Br)c1. The number of hydrogen-bond acceptors (Lipinski definition) is 6. The normalized spacial score (nSPS) is 11.9. The second-order valence-corrected chi connectivity index (χ2v) is 6.22. The molecule has 2 rings (SSSR count). The zero-order chi connectivity index (χ0) is 19.6. The topological polar surface area (TPSA) is 118 Å². The summed E-state index contributed by atoms with van der Waals surface area (Å²) in [6, 6.07) is 4.51. The van der Waals surface area contributed by atoms with E-state index < -0.39 is 0 Å².